The van der Waals surface area contributed by atoms with Crippen LogP contribution in [0, 0.1) is 10.5 Å². The average Bonchev–Trinajstić information content (AvgIpc) is 2.16. The highest BCUT2D eigenvalue weighted by Crippen LogP contribution is 2.24. The molecule has 0 heterocycles. The minimum Gasteiger partial charge on any atom is -0.494 e. The van der Waals surface area contributed by atoms with Crippen LogP contribution in [0.4, 0.5) is 0 Å². The summed E-state index contributed by atoms with van der Waals surface area (Å²) in [6, 6.07) is 6.14. The maximum atomic E-state index is 5.46. The van der Waals surface area contributed by atoms with E-state index in [1.807, 2.05) is 25.1 Å². The molecule has 0 aliphatic heterocycles. The van der Waals surface area contributed by atoms with Crippen molar-refractivity contribution in [1.82, 2.24) is 0 Å². The molecule has 75 valence electrons. The largest absolute Gasteiger partial charge is 0.494 e. The minimum absolute atomic E-state index is 0.129. The fraction of sp³-hybridized carbons (Fsp3) is 0.250. The zero-order valence-corrected chi connectivity index (χ0v) is 10.5. The summed E-state index contributed by atoms with van der Waals surface area (Å²) in [6.07, 6.45) is 1.83. The van der Waals surface area contributed by atoms with E-state index in [1.54, 1.807) is 0 Å². The topological polar surface area (TPSA) is 9.23 Å². The second kappa shape index (κ2) is 5.39. The predicted molar refractivity (Wildman–Crippen MR) is 68.6 cm³/mol. The Hall–Kier alpha value is -0.510. The van der Waals surface area contributed by atoms with Gasteiger partial charge in [-0.3, -0.25) is 0 Å². The molecule has 0 saturated carbocycles. The molecule has 0 fully saturated rings. The monoisotopic (exact) mass is 301 g/mol. The summed E-state index contributed by atoms with van der Waals surface area (Å²) >= 11 is 2.28. The zero-order valence-electron chi connectivity index (χ0n) is 8.29. The summed E-state index contributed by atoms with van der Waals surface area (Å²) < 4.78 is 6.62. The van der Waals surface area contributed by atoms with Crippen molar-refractivity contribution >= 4 is 22.6 Å². The van der Waals surface area contributed by atoms with Crippen LogP contribution in [0.2, 0.25) is 0 Å². The van der Waals surface area contributed by atoms with Crippen LogP contribution in [0.1, 0.15) is 18.4 Å². The van der Waals surface area contributed by atoms with E-state index in [0.29, 0.717) is 6.61 Å². The van der Waals surface area contributed by atoms with E-state index in [4.69, 9.17) is 4.74 Å². The van der Waals surface area contributed by atoms with Gasteiger partial charge in [-0.1, -0.05) is 6.08 Å². The summed E-state index contributed by atoms with van der Waals surface area (Å²) in [5.74, 6) is 1.04. The smallest absolute Gasteiger partial charge is 0.120 e. The molecule has 2 heteroatoms. The summed E-state index contributed by atoms with van der Waals surface area (Å²) in [5, 5.41) is 0. The van der Waals surface area contributed by atoms with E-state index in [9.17, 15) is 0 Å². The maximum Gasteiger partial charge on any atom is 0.120 e. The first kappa shape index (κ1) is 11.6. The number of hydrogen-bond acceptors (Lipinski definition) is 1. The Morgan fingerprint density at radius 2 is 2.21 bits per heavy atom. The molecule has 0 amide bonds. The van der Waals surface area contributed by atoms with Crippen molar-refractivity contribution in [2.45, 2.75) is 12.8 Å². The van der Waals surface area contributed by atoms with Crippen LogP contribution in [0.15, 0.2) is 30.9 Å². The second-order valence-electron chi connectivity index (χ2n) is 3.00. The van der Waals surface area contributed by atoms with E-state index in [0.717, 1.165) is 11.3 Å². The number of rotatable bonds is 4. The summed E-state index contributed by atoms with van der Waals surface area (Å²) in [6.45, 7) is 10.4. The molecule has 1 aromatic carbocycles. The van der Waals surface area contributed by atoms with Crippen molar-refractivity contribution in [2.24, 2.45) is 0 Å². The third-order valence-corrected chi connectivity index (χ3v) is 2.54. The van der Waals surface area contributed by atoms with E-state index in [2.05, 4.69) is 42.2 Å². The number of hydrogen-bond donors (Lipinski definition) is 0. The van der Waals surface area contributed by atoms with Gasteiger partial charge in [0.05, 0.1) is 6.61 Å². The molecule has 0 aliphatic carbocycles. The van der Waals surface area contributed by atoms with Crippen LogP contribution in [0.25, 0.3) is 0 Å². The summed E-state index contributed by atoms with van der Waals surface area (Å²) in [7, 11) is 0. The molecule has 0 bridgehead atoms. The van der Waals surface area contributed by atoms with Gasteiger partial charge in [0, 0.05) is 9.49 Å². The predicted octanol–water partition coefficient (Wildman–Crippen LogP) is 3.79. The first-order valence-corrected chi connectivity index (χ1v) is 5.64. The lowest BCUT2D eigenvalue weighted by Crippen LogP contribution is -1.95. The Morgan fingerprint density at radius 1 is 1.50 bits per heavy atom. The normalized spacial score (nSPS) is 12.2. The Bertz CT molecular complexity index is 320. The van der Waals surface area contributed by atoms with Crippen LogP contribution in [0.3, 0.4) is 0 Å². The van der Waals surface area contributed by atoms with Crippen LogP contribution in [-0.2, 0) is 0 Å². The molecular weight excluding hydrogens is 287 g/mol. The van der Waals surface area contributed by atoms with Crippen molar-refractivity contribution in [3.05, 3.63) is 46.9 Å². The molecule has 0 aliphatic rings. The van der Waals surface area contributed by atoms with Crippen LogP contribution >= 0.6 is 22.6 Å². The summed E-state index contributed by atoms with van der Waals surface area (Å²) in [4.78, 5) is 0. The van der Waals surface area contributed by atoms with Gasteiger partial charge >= 0.3 is 0 Å². The van der Waals surface area contributed by atoms with Gasteiger partial charge in [0.2, 0.25) is 0 Å². The van der Waals surface area contributed by atoms with Gasteiger partial charge in [0.15, 0.2) is 0 Å². The van der Waals surface area contributed by atoms with Gasteiger partial charge in [0.25, 0.3) is 0 Å². The molecule has 1 atom stereocenters. The fourth-order valence-corrected chi connectivity index (χ4v) is 1.85. The van der Waals surface area contributed by atoms with Gasteiger partial charge in [-0.25, -0.2) is 0 Å². The van der Waals surface area contributed by atoms with Crippen molar-refractivity contribution in [3.63, 3.8) is 0 Å². The Morgan fingerprint density at radius 3 is 2.79 bits per heavy atom. The molecule has 0 aromatic heterocycles. The van der Waals surface area contributed by atoms with Gasteiger partial charge < -0.3 is 4.74 Å². The van der Waals surface area contributed by atoms with Crippen molar-refractivity contribution in [1.29, 1.82) is 0 Å². The lowest BCUT2D eigenvalue weighted by atomic mass is 10.0. The second-order valence-corrected chi connectivity index (χ2v) is 4.24. The molecule has 0 saturated heterocycles. The molecule has 1 unspecified atom stereocenters. The van der Waals surface area contributed by atoms with Crippen molar-refractivity contribution in [3.8, 4) is 5.75 Å². The first-order chi connectivity index (χ1) is 6.67. The molecule has 1 rings (SSSR count). The molecule has 1 radical (unpaired) electrons. The van der Waals surface area contributed by atoms with E-state index in [-0.39, 0.29) is 5.92 Å². The lowest BCUT2D eigenvalue weighted by Gasteiger charge is -2.10. The number of benzene rings is 1. The molecule has 1 aromatic rings. The Kier molecular flexibility index (Phi) is 4.45. The van der Waals surface area contributed by atoms with Crippen molar-refractivity contribution < 1.29 is 4.74 Å². The number of halogens is 1. The zero-order chi connectivity index (χ0) is 10.6. The van der Waals surface area contributed by atoms with Gasteiger partial charge in [-0.2, -0.15) is 0 Å². The third-order valence-electron chi connectivity index (χ3n) is 1.92. The molecule has 0 spiro atoms. The van der Waals surface area contributed by atoms with Crippen LogP contribution in [-0.4, -0.2) is 6.61 Å². The van der Waals surface area contributed by atoms with Gasteiger partial charge in [0.1, 0.15) is 5.75 Å². The summed E-state index contributed by atoms with van der Waals surface area (Å²) in [5.41, 5.74) is 1.15. The standard InChI is InChI=1S/C12H14IO/c1-4-9(3)10-6-11(13)8-12(7-10)14-5-2/h4,6-9H,1,3,5H2,2H3. The first-order valence-electron chi connectivity index (χ1n) is 4.56. The highest BCUT2D eigenvalue weighted by Gasteiger charge is 2.04. The van der Waals surface area contributed by atoms with E-state index in [1.165, 1.54) is 3.57 Å². The highest BCUT2D eigenvalue weighted by atomic mass is 127. The average molecular weight is 301 g/mol. The van der Waals surface area contributed by atoms with Gasteiger partial charge in [-0.05, 0) is 60.2 Å². The lowest BCUT2D eigenvalue weighted by molar-refractivity contribution is 0.339. The Labute approximate surface area is 99.3 Å². The molecule has 14 heavy (non-hydrogen) atoms. The van der Waals surface area contributed by atoms with E-state index < -0.39 is 0 Å². The highest BCUT2D eigenvalue weighted by molar-refractivity contribution is 14.1. The van der Waals surface area contributed by atoms with Crippen LogP contribution in [0.5, 0.6) is 5.75 Å². The number of ether oxygens (including phenoxy) is 1. The van der Waals surface area contributed by atoms with Crippen molar-refractivity contribution in [2.75, 3.05) is 6.61 Å². The SMILES string of the molecule is [CH2]C(C=C)c1cc(I)cc(OCC)c1. The van der Waals surface area contributed by atoms with Gasteiger partial charge in [-0.15, -0.1) is 6.58 Å². The fourth-order valence-electron chi connectivity index (χ4n) is 1.18. The van der Waals surface area contributed by atoms with Crippen LogP contribution < -0.4 is 4.74 Å². The maximum absolute atomic E-state index is 5.46. The minimum atomic E-state index is 0.129. The molecule has 1 nitrogen and oxygen atoms in total. The Balaban J connectivity index is 3.00. The third kappa shape index (κ3) is 3.01. The molecule has 0 N–H and O–H groups in total. The number of allylic oxidation sites excluding steroid dienone is 1. The molecular formula is C12H14IO. The quantitative estimate of drug-likeness (QED) is 0.607. The van der Waals surface area contributed by atoms with E-state index >= 15 is 0 Å².